The van der Waals surface area contributed by atoms with E-state index in [0.29, 0.717) is 11.3 Å². The molecule has 3 N–H and O–H groups in total. The number of hydrogen-bond acceptors (Lipinski definition) is 6. The van der Waals surface area contributed by atoms with Crippen molar-refractivity contribution in [3.8, 4) is 0 Å². The van der Waals surface area contributed by atoms with Gasteiger partial charge in [0.05, 0.1) is 7.11 Å². The first kappa shape index (κ1) is 16.9. The Balaban J connectivity index is 1.92. The molecule has 3 rings (SSSR count). The fourth-order valence-corrected chi connectivity index (χ4v) is 3.05. The lowest BCUT2D eigenvalue weighted by molar-refractivity contribution is -0.0703. The molecule has 1 aliphatic rings. The molecule has 7 nitrogen and oxygen atoms in total. The number of benzene rings is 2. The van der Waals surface area contributed by atoms with Crippen LogP contribution in [0, 0.1) is 0 Å². The van der Waals surface area contributed by atoms with E-state index >= 15 is 0 Å². The molecule has 3 atom stereocenters. The first-order valence-corrected chi connectivity index (χ1v) is 8.69. The van der Waals surface area contributed by atoms with Gasteiger partial charge in [-0.15, -0.1) is 0 Å². The van der Waals surface area contributed by atoms with Gasteiger partial charge in [-0.1, -0.05) is 48.5 Å². The van der Waals surface area contributed by atoms with Gasteiger partial charge in [0.1, 0.15) is 6.10 Å². The van der Waals surface area contributed by atoms with E-state index < -0.39 is 28.9 Å². The molecule has 0 aromatic heterocycles. The maximum Gasteiger partial charge on any atom is 0.337 e. The SMILES string of the molecule is COS(=O)(=O)N[C@H]1OC(c2ccccc2)O[C@H]1c1ccccc1N. The average molecular weight is 350 g/mol. The fourth-order valence-electron chi connectivity index (χ4n) is 2.49. The molecule has 1 fully saturated rings. The van der Waals surface area contributed by atoms with Crippen LogP contribution in [-0.4, -0.2) is 21.8 Å². The lowest BCUT2D eigenvalue weighted by Crippen LogP contribution is -2.38. The molecule has 0 amide bonds. The Bertz CT molecular complexity index is 797. The highest BCUT2D eigenvalue weighted by atomic mass is 32.2. The summed E-state index contributed by atoms with van der Waals surface area (Å²) in [6, 6.07) is 16.3. The van der Waals surface area contributed by atoms with Crippen molar-refractivity contribution >= 4 is 16.0 Å². The lowest BCUT2D eigenvalue weighted by Gasteiger charge is -2.18. The van der Waals surface area contributed by atoms with Crippen molar-refractivity contribution in [1.82, 2.24) is 4.72 Å². The Morgan fingerprint density at radius 3 is 2.38 bits per heavy atom. The third-order valence-corrected chi connectivity index (χ3v) is 4.63. The van der Waals surface area contributed by atoms with E-state index in [1.165, 1.54) is 0 Å². The minimum absolute atomic E-state index is 0.487. The highest BCUT2D eigenvalue weighted by Crippen LogP contribution is 2.40. The summed E-state index contributed by atoms with van der Waals surface area (Å²) in [5.41, 5.74) is 7.90. The van der Waals surface area contributed by atoms with Crippen LogP contribution in [0.2, 0.25) is 0 Å². The highest BCUT2D eigenvalue weighted by Gasteiger charge is 2.41. The fraction of sp³-hybridized carbons (Fsp3) is 0.250. The smallest absolute Gasteiger partial charge is 0.337 e. The number of nitrogens with two attached hydrogens (primary N) is 1. The van der Waals surface area contributed by atoms with E-state index in [9.17, 15) is 8.42 Å². The molecule has 0 saturated carbocycles. The predicted octanol–water partition coefficient (Wildman–Crippen LogP) is 1.86. The summed E-state index contributed by atoms with van der Waals surface area (Å²) in [7, 11) is -2.89. The van der Waals surface area contributed by atoms with Crippen LogP contribution >= 0.6 is 0 Å². The van der Waals surface area contributed by atoms with Gasteiger partial charge in [-0.25, -0.2) is 0 Å². The van der Waals surface area contributed by atoms with Crippen molar-refractivity contribution in [2.24, 2.45) is 0 Å². The van der Waals surface area contributed by atoms with Crippen LogP contribution in [0.25, 0.3) is 0 Å². The Hall–Kier alpha value is -1.97. The summed E-state index contributed by atoms with van der Waals surface area (Å²) >= 11 is 0. The summed E-state index contributed by atoms with van der Waals surface area (Å²) in [6.45, 7) is 0. The van der Waals surface area contributed by atoms with E-state index in [-0.39, 0.29) is 0 Å². The zero-order valence-corrected chi connectivity index (χ0v) is 13.8. The number of rotatable bonds is 5. The number of hydrogen-bond donors (Lipinski definition) is 2. The summed E-state index contributed by atoms with van der Waals surface area (Å²) < 4.78 is 42.0. The summed E-state index contributed by atoms with van der Waals surface area (Å²) in [4.78, 5) is 0. The Morgan fingerprint density at radius 2 is 1.71 bits per heavy atom. The minimum Gasteiger partial charge on any atom is -0.398 e. The van der Waals surface area contributed by atoms with Gasteiger partial charge in [0.25, 0.3) is 0 Å². The second kappa shape index (κ2) is 6.88. The standard InChI is InChI=1S/C16H18N2O5S/c1-21-24(19,20)18-15-14(12-9-5-6-10-13(12)17)22-16(23-15)11-7-3-2-4-8-11/h2-10,14-16,18H,17H2,1H3/t14-,15-,16?/m0/s1. The highest BCUT2D eigenvalue weighted by molar-refractivity contribution is 7.84. The van der Waals surface area contributed by atoms with Crippen LogP contribution in [0.15, 0.2) is 54.6 Å². The summed E-state index contributed by atoms with van der Waals surface area (Å²) in [5, 5.41) is 0. The molecular formula is C16H18N2O5S. The molecule has 24 heavy (non-hydrogen) atoms. The second-order valence-electron chi connectivity index (χ2n) is 5.22. The first-order valence-electron chi connectivity index (χ1n) is 7.28. The first-order chi connectivity index (χ1) is 11.5. The quantitative estimate of drug-likeness (QED) is 0.799. The normalized spacial score (nSPS) is 24.1. The minimum atomic E-state index is -3.96. The van der Waals surface area contributed by atoms with Crippen LogP contribution < -0.4 is 10.5 Å². The number of ether oxygens (including phenoxy) is 2. The molecule has 1 heterocycles. The van der Waals surface area contributed by atoms with Crippen molar-refractivity contribution in [1.29, 1.82) is 0 Å². The van der Waals surface area contributed by atoms with Gasteiger partial charge >= 0.3 is 10.3 Å². The van der Waals surface area contributed by atoms with Crippen molar-refractivity contribution < 1.29 is 22.1 Å². The molecular weight excluding hydrogens is 332 g/mol. The molecule has 1 unspecified atom stereocenters. The van der Waals surface area contributed by atoms with Crippen LogP contribution in [0.5, 0.6) is 0 Å². The maximum atomic E-state index is 11.8. The molecule has 2 aromatic carbocycles. The molecule has 1 saturated heterocycles. The number of para-hydroxylation sites is 1. The molecule has 128 valence electrons. The lowest BCUT2D eigenvalue weighted by atomic mass is 10.1. The van der Waals surface area contributed by atoms with Crippen molar-refractivity contribution in [3.63, 3.8) is 0 Å². The van der Waals surface area contributed by atoms with Gasteiger partial charge in [0.15, 0.2) is 12.5 Å². The van der Waals surface area contributed by atoms with Crippen molar-refractivity contribution in [2.75, 3.05) is 12.8 Å². The van der Waals surface area contributed by atoms with E-state index in [0.717, 1.165) is 12.7 Å². The number of anilines is 1. The van der Waals surface area contributed by atoms with Gasteiger partial charge in [-0.3, -0.25) is 4.18 Å². The summed E-state index contributed by atoms with van der Waals surface area (Å²) in [5.74, 6) is 0. The topological polar surface area (TPSA) is 99.9 Å². The van der Waals surface area contributed by atoms with Gasteiger partial charge in [0, 0.05) is 16.8 Å². The van der Waals surface area contributed by atoms with E-state index in [1.54, 1.807) is 24.3 Å². The van der Waals surface area contributed by atoms with Gasteiger partial charge in [-0.2, -0.15) is 13.1 Å². The van der Waals surface area contributed by atoms with Gasteiger partial charge in [0.2, 0.25) is 0 Å². The zero-order valence-electron chi connectivity index (χ0n) is 13.0. The van der Waals surface area contributed by atoms with Crippen molar-refractivity contribution in [2.45, 2.75) is 18.6 Å². The molecule has 0 aliphatic carbocycles. The van der Waals surface area contributed by atoms with Crippen LogP contribution in [0.1, 0.15) is 23.5 Å². The van der Waals surface area contributed by atoms with Crippen LogP contribution in [-0.2, 0) is 24.0 Å². The monoisotopic (exact) mass is 350 g/mol. The van der Waals surface area contributed by atoms with Crippen LogP contribution in [0.4, 0.5) is 5.69 Å². The molecule has 0 spiro atoms. The van der Waals surface area contributed by atoms with Crippen molar-refractivity contribution in [3.05, 3.63) is 65.7 Å². The van der Waals surface area contributed by atoms with E-state index in [2.05, 4.69) is 8.91 Å². The molecule has 2 aromatic rings. The van der Waals surface area contributed by atoms with Gasteiger partial charge < -0.3 is 15.2 Å². The Kier molecular flexibility index (Phi) is 4.83. The number of nitrogen functional groups attached to an aromatic ring is 1. The molecule has 8 heteroatoms. The summed E-state index contributed by atoms with van der Waals surface area (Å²) in [6.07, 6.45) is -2.40. The zero-order chi connectivity index (χ0) is 17.2. The average Bonchev–Trinajstić information content (AvgIpc) is 2.99. The van der Waals surface area contributed by atoms with Gasteiger partial charge in [-0.05, 0) is 6.07 Å². The van der Waals surface area contributed by atoms with E-state index in [1.807, 2.05) is 30.3 Å². The molecule has 1 aliphatic heterocycles. The third kappa shape index (κ3) is 3.58. The molecule has 0 radical (unpaired) electrons. The van der Waals surface area contributed by atoms with E-state index in [4.69, 9.17) is 15.2 Å². The largest absolute Gasteiger partial charge is 0.398 e. The second-order valence-corrected chi connectivity index (χ2v) is 6.70. The number of nitrogens with one attached hydrogen (secondary N) is 1. The Labute approximate surface area is 140 Å². The van der Waals surface area contributed by atoms with Crippen LogP contribution in [0.3, 0.4) is 0 Å². The maximum absolute atomic E-state index is 11.8. The third-order valence-electron chi connectivity index (χ3n) is 3.67. The molecule has 0 bridgehead atoms. The predicted molar refractivity (Wildman–Crippen MR) is 87.8 cm³/mol. The Morgan fingerprint density at radius 1 is 1.04 bits per heavy atom.